The van der Waals surface area contributed by atoms with Gasteiger partial charge < -0.3 is 16.0 Å². The lowest BCUT2D eigenvalue weighted by Crippen LogP contribution is -2.41. The minimum absolute atomic E-state index is 0.0930. The average Bonchev–Trinajstić information content (AvgIpc) is 2.55. The molecule has 0 spiro atoms. The summed E-state index contributed by atoms with van der Waals surface area (Å²) < 4.78 is 13.1. The molecular weight excluding hydrogens is 341 g/mol. The van der Waals surface area contributed by atoms with Crippen molar-refractivity contribution in [3.63, 3.8) is 0 Å². The molecule has 2 aromatic rings. The summed E-state index contributed by atoms with van der Waals surface area (Å²) in [6.07, 6.45) is 2.12. The number of rotatable bonds is 4. The van der Waals surface area contributed by atoms with Crippen molar-refractivity contribution in [3.05, 3.63) is 58.9 Å². The molecule has 25 heavy (non-hydrogen) atoms. The zero-order chi connectivity index (χ0) is 17.8. The maximum Gasteiger partial charge on any atom is 0.257 e. The van der Waals surface area contributed by atoms with Crippen molar-refractivity contribution in [2.75, 3.05) is 17.2 Å². The fourth-order valence-electron chi connectivity index (χ4n) is 3.06. The number of anilines is 2. The molecule has 6 heteroatoms. The highest BCUT2D eigenvalue weighted by atomic mass is 35.5. The summed E-state index contributed by atoms with van der Waals surface area (Å²) in [5.41, 5.74) is 1.87. The first-order valence-electron chi connectivity index (χ1n) is 8.37. The van der Waals surface area contributed by atoms with Crippen LogP contribution >= 0.6 is 11.6 Å². The monoisotopic (exact) mass is 361 g/mol. The van der Waals surface area contributed by atoms with Gasteiger partial charge in [-0.2, -0.15) is 0 Å². The first kappa shape index (κ1) is 17.7. The number of piperidine rings is 1. The van der Waals surface area contributed by atoms with Gasteiger partial charge in [0, 0.05) is 23.5 Å². The maximum atomic E-state index is 13.1. The van der Waals surface area contributed by atoms with Crippen LogP contribution in [-0.4, -0.2) is 24.5 Å². The van der Waals surface area contributed by atoms with Crippen molar-refractivity contribution in [3.8, 4) is 0 Å². The molecule has 3 N–H and O–H groups in total. The van der Waals surface area contributed by atoms with E-state index in [9.17, 15) is 9.18 Å². The molecule has 3 rings (SSSR count). The van der Waals surface area contributed by atoms with Crippen LogP contribution in [0.3, 0.4) is 0 Å². The lowest BCUT2D eigenvalue weighted by molar-refractivity contribution is 0.102. The first-order chi connectivity index (χ1) is 12.0. The molecule has 0 bridgehead atoms. The van der Waals surface area contributed by atoms with Gasteiger partial charge in [0.1, 0.15) is 5.82 Å². The third-order valence-electron chi connectivity index (χ3n) is 4.29. The highest BCUT2D eigenvalue weighted by Crippen LogP contribution is 2.22. The van der Waals surface area contributed by atoms with Crippen molar-refractivity contribution >= 4 is 28.9 Å². The minimum atomic E-state index is -0.469. The van der Waals surface area contributed by atoms with Crippen molar-refractivity contribution < 1.29 is 9.18 Å². The molecule has 2 atom stereocenters. The van der Waals surface area contributed by atoms with Crippen LogP contribution in [0.2, 0.25) is 5.02 Å². The number of amides is 1. The zero-order valence-corrected chi connectivity index (χ0v) is 14.7. The molecule has 1 aliphatic heterocycles. The molecule has 1 fully saturated rings. The van der Waals surface area contributed by atoms with Gasteiger partial charge in [-0.05, 0) is 62.7 Å². The lowest BCUT2D eigenvalue weighted by Gasteiger charge is -2.29. The predicted molar refractivity (Wildman–Crippen MR) is 99.9 cm³/mol. The molecule has 1 saturated heterocycles. The van der Waals surface area contributed by atoms with Crippen LogP contribution in [0.25, 0.3) is 0 Å². The topological polar surface area (TPSA) is 53.2 Å². The molecule has 0 unspecified atom stereocenters. The molecule has 0 aliphatic carbocycles. The van der Waals surface area contributed by atoms with E-state index in [1.54, 1.807) is 0 Å². The van der Waals surface area contributed by atoms with Crippen LogP contribution in [0.15, 0.2) is 42.5 Å². The summed E-state index contributed by atoms with van der Waals surface area (Å²) in [6.45, 7) is 3.18. The van der Waals surface area contributed by atoms with E-state index in [0.717, 1.165) is 31.1 Å². The molecule has 132 valence electrons. The largest absolute Gasteiger partial charge is 0.382 e. The van der Waals surface area contributed by atoms with Crippen LogP contribution in [0.1, 0.15) is 30.1 Å². The van der Waals surface area contributed by atoms with Gasteiger partial charge in [0.25, 0.3) is 5.91 Å². The molecule has 0 saturated carbocycles. The fraction of sp³-hybridized carbons (Fsp3) is 0.316. The molecule has 1 heterocycles. The minimum Gasteiger partial charge on any atom is -0.382 e. The standard InChI is InChI=1S/C19H21ClFN3O/c1-12-9-16(7-8-22-12)23-14-3-2-4-15(11-14)24-19(25)17-6-5-13(21)10-18(17)20/h2-6,10-12,16,22-23H,7-9H2,1H3,(H,24,25)/t12-,16-/m1/s1. The molecule has 0 radical (unpaired) electrons. The SMILES string of the molecule is C[C@@H]1C[C@H](Nc2cccc(NC(=O)c3ccc(F)cc3Cl)c2)CCN1. The Hall–Kier alpha value is -2.11. The van der Waals surface area contributed by atoms with Gasteiger partial charge in [-0.1, -0.05) is 17.7 Å². The number of nitrogens with one attached hydrogen (secondary N) is 3. The number of carbonyl (C=O) groups excluding carboxylic acids is 1. The van der Waals surface area contributed by atoms with E-state index in [1.165, 1.54) is 12.1 Å². The smallest absolute Gasteiger partial charge is 0.257 e. The Morgan fingerprint density at radius 2 is 2.04 bits per heavy atom. The Labute approximate surface area is 151 Å². The van der Waals surface area contributed by atoms with E-state index < -0.39 is 5.82 Å². The Morgan fingerprint density at radius 3 is 2.80 bits per heavy atom. The number of halogens is 2. The fourth-order valence-corrected chi connectivity index (χ4v) is 3.31. The van der Waals surface area contributed by atoms with Gasteiger partial charge in [0.15, 0.2) is 0 Å². The second kappa shape index (κ2) is 7.85. The van der Waals surface area contributed by atoms with Gasteiger partial charge in [-0.15, -0.1) is 0 Å². The van der Waals surface area contributed by atoms with Gasteiger partial charge in [0.2, 0.25) is 0 Å². The van der Waals surface area contributed by atoms with E-state index in [-0.39, 0.29) is 16.5 Å². The summed E-state index contributed by atoms with van der Waals surface area (Å²) in [6, 6.07) is 12.2. The number of carbonyl (C=O) groups is 1. The van der Waals surface area contributed by atoms with Crippen molar-refractivity contribution in [1.82, 2.24) is 5.32 Å². The Kier molecular flexibility index (Phi) is 5.56. The molecule has 0 aromatic heterocycles. The van der Waals surface area contributed by atoms with Crippen LogP contribution in [0.4, 0.5) is 15.8 Å². The Bertz CT molecular complexity index is 768. The molecule has 1 aliphatic rings. The molecule has 1 amide bonds. The van der Waals surface area contributed by atoms with E-state index >= 15 is 0 Å². The number of hydrogen-bond acceptors (Lipinski definition) is 3. The molecular formula is C19H21ClFN3O. The van der Waals surface area contributed by atoms with Crippen molar-refractivity contribution in [1.29, 1.82) is 0 Å². The lowest BCUT2D eigenvalue weighted by atomic mass is 10.0. The summed E-state index contributed by atoms with van der Waals surface area (Å²) >= 11 is 5.95. The third-order valence-corrected chi connectivity index (χ3v) is 4.60. The second-order valence-electron chi connectivity index (χ2n) is 6.38. The van der Waals surface area contributed by atoms with E-state index in [0.29, 0.717) is 17.8 Å². The second-order valence-corrected chi connectivity index (χ2v) is 6.79. The van der Waals surface area contributed by atoms with Gasteiger partial charge >= 0.3 is 0 Å². The quantitative estimate of drug-likeness (QED) is 0.761. The van der Waals surface area contributed by atoms with Crippen LogP contribution in [0.5, 0.6) is 0 Å². The van der Waals surface area contributed by atoms with Crippen molar-refractivity contribution in [2.45, 2.75) is 31.8 Å². The number of benzene rings is 2. The van der Waals surface area contributed by atoms with Gasteiger partial charge in [-0.25, -0.2) is 4.39 Å². The maximum absolute atomic E-state index is 13.1. The van der Waals surface area contributed by atoms with Crippen LogP contribution in [-0.2, 0) is 0 Å². The van der Waals surface area contributed by atoms with Gasteiger partial charge in [0.05, 0.1) is 10.6 Å². The van der Waals surface area contributed by atoms with Crippen molar-refractivity contribution in [2.24, 2.45) is 0 Å². The normalized spacial score (nSPS) is 20.1. The highest BCUT2D eigenvalue weighted by molar-refractivity contribution is 6.34. The van der Waals surface area contributed by atoms with E-state index in [2.05, 4.69) is 22.9 Å². The van der Waals surface area contributed by atoms with Crippen LogP contribution in [0, 0.1) is 5.82 Å². The Balaban J connectivity index is 1.67. The first-order valence-corrected chi connectivity index (χ1v) is 8.75. The Morgan fingerprint density at radius 1 is 1.24 bits per heavy atom. The third kappa shape index (κ3) is 4.71. The van der Waals surface area contributed by atoms with Gasteiger partial charge in [-0.3, -0.25) is 4.79 Å². The molecule has 2 aromatic carbocycles. The average molecular weight is 362 g/mol. The summed E-state index contributed by atoms with van der Waals surface area (Å²) in [5, 5.41) is 9.84. The van der Waals surface area contributed by atoms with Crippen LogP contribution < -0.4 is 16.0 Å². The summed E-state index contributed by atoms with van der Waals surface area (Å²) in [4.78, 5) is 12.3. The predicted octanol–water partition coefficient (Wildman–Crippen LogP) is 4.28. The summed E-state index contributed by atoms with van der Waals surface area (Å²) in [5.74, 6) is -0.832. The number of hydrogen-bond donors (Lipinski definition) is 3. The van der Waals surface area contributed by atoms with E-state index in [4.69, 9.17) is 11.6 Å². The van der Waals surface area contributed by atoms with E-state index in [1.807, 2.05) is 24.3 Å². The highest BCUT2D eigenvalue weighted by Gasteiger charge is 2.18. The zero-order valence-electron chi connectivity index (χ0n) is 14.0. The summed E-state index contributed by atoms with van der Waals surface area (Å²) in [7, 11) is 0. The molecule has 4 nitrogen and oxygen atoms in total.